The van der Waals surface area contributed by atoms with Gasteiger partial charge < -0.3 is 10.6 Å². The molecular formula is C14H23N3O3S. The van der Waals surface area contributed by atoms with Crippen LogP contribution in [0.4, 0.5) is 5.69 Å². The third-order valence-electron chi connectivity index (χ3n) is 3.25. The molecule has 1 aromatic carbocycles. The minimum atomic E-state index is -3.74. The Bertz CT molecular complexity index is 612. The first kappa shape index (κ1) is 17.5. The Morgan fingerprint density at radius 3 is 2.33 bits per heavy atom. The number of carbonyl (C=O) groups excluding carboxylic acids is 1. The fraction of sp³-hybridized carbons (Fsp3) is 0.500. The summed E-state index contributed by atoms with van der Waals surface area (Å²) >= 11 is 0. The molecule has 0 spiro atoms. The Balaban J connectivity index is 3.25. The van der Waals surface area contributed by atoms with Crippen molar-refractivity contribution in [3.63, 3.8) is 0 Å². The van der Waals surface area contributed by atoms with E-state index in [9.17, 15) is 13.2 Å². The molecule has 21 heavy (non-hydrogen) atoms. The molecule has 0 aromatic heterocycles. The van der Waals surface area contributed by atoms with Crippen LogP contribution >= 0.6 is 0 Å². The van der Waals surface area contributed by atoms with Gasteiger partial charge in [-0.1, -0.05) is 19.9 Å². The van der Waals surface area contributed by atoms with E-state index in [1.54, 1.807) is 33.2 Å². The Hall–Kier alpha value is -1.60. The maximum atomic E-state index is 12.8. The van der Waals surface area contributed by atoms with Crippen molar-refractivity contribution in [1.82, 2.24) is 9.21 Å². The highest BCUT2D eigenvalue weighted by Crippen LogP contribution is 2.23. The van der Waals surface area contributed by atoms with Gasteiger partial charge in [0.1, 0.15) is 0 Å². The predicted molar refractivity (Wildman–Crippen MR) is 83.4 cm³/mol. The number of amides is 1. The van der Waals surface area contributed by atoms with Crippen LogP contribution in [-0.2, 0) is 21.2 Å². The van der Waals surface area contributed by atoms with Crippen molar-refractivity contribution in [3.8, 4) is 0 Å². The summed E-state index contributed by atoms with van der Waals surface area (Å²) in [5.41, 5.74) is 6.80. The topological polar surface area (TPSA) is 83.7 Å². The summed E-state index contributed by atoms with van der Waals surface area (Å²) in [6.07, 6.45) is 0.577. The highest BCUT2D eigenvalue weighted by atomic mass is 32.2. The van der Waals surface area contributed by atoms with Crippen molar-refractivity contribution in [2.24, 2.45) is 0 Å². The van der Waals surface area contributed by atoms with Gasteiger partial charge in [-0.15, -0.1) is 0 Å². The number of hydrogen-bond acceptors (Lipinski definition) is 4. The van der Waals surface area contributed by atoms with Crippen molar-refractivity contribution in [1.29, 1.82) is 0 Å². The predicted octanol–water partition coefficient (Wildman–Crippen LogP) is 0.930. The summed E-state index contributed by atoms with van der Waals surface area (Å²) in [4.78, 5) is 13.4. The van der Waals surface area contributed by atoms with Gasteiger partial charge in [0, 0.05) is 26.3 Å². The maximum absolute atomic E-state index is 12.8. The van der Waals surface area contributed by atoms with Crippen LogP contribution in [0.5, 0.6) is 0 Å². The molecule has 0 atom stereocenters. The minimum Gasteiger partial charge on any atom is -0.399 e. The molecule has 0 aliphatic rings. The summed E-state index contributed by atoms with van der Waals surface area (Å²) in [6, 6.07) is 4.85. The molecule has 1 rings (SSSR count). The molecule has 0 fully saturated rings. The van der Waals surface area contributed by atoms with Crippen molar-refractivity contribution in [2.75, 3.05) is 32.9 Å². The van der Waals surface area contributed by atoms with Crippen molar-refractivity contribution >= 4 is 21.6 Å². The Morgan fingerprint density at radius 2 is 1.86 bits per heavy atom. The molecule has 0 unspecified atom stereocenters. The van der Waals surface area contributed by atoms with Gasteiger partial charge >= 0.3 is 0 Å². The first-order valence-electron chi connectivity index (χ1n) is 6.82. The quantitative estimate of drug-likeness (QED) is 0.792. The highest BCUT2D eigenvalue weighted by Gasteiger charge is 2.27. The van der Waals surface area contributed by atoms with Crippen LogP contribution in [0.3, 0.4) is 0 Å². The van der Waals surface area contributed by atoms with Gasteiger partial charge in [-0.2, -0.15) is 4.31 Å². The SMILES string of the molecule is CCc1ccc(N)cc1S(=O)(=O)N(CC)CC(=O)N(C)C. The van der Waals surface area contributed by atoms with Crippen LogP contribution < -0.4 is 5.73 Å². The Kier molecular flexibility index (Phi) is 5.74. The molecule has 1 aromatic rings. The number of anilines is 1. The van der Waals surface area contributed by atoms with E-state index >= 15 is 0 Å². The van der Waals surface area contributed by atoms with Gasteiger partial charge in [0.15, 0.2) is 0 Å². The molecule has 0 heterocycles. The van der Waals surface area contributed by atoms with Crippen LogP contribution in [0, 0.1) is 0 Å². The van der Waals surface area contributed by atoms with E-state index in [0.29, 0.717) is 17.7 Å². The summed E-state index contributed by atoms with van der Waals surface area (Å²) in [5.74, 6) is -0.262. The molecule has 0 aliphatic heterocycles. The van der Waals surface area contributed by atoms with E-state index in [1.165, 1.54) is 15.3 Å². The second kappa shape index (κ2) is 6.91. The van der Waals surface area contributed by atoms with E-state index in [2.05, 4.69) is 0 Å². The number of likely N-dealkylation sites (N-methyl/N-ethyl adjacent to an activating group) is 2. The normalized spacial score (nSPS) is 11.7. The zero-order chi connectivity index (χ0) is 16.2. The first-order chi connectivity index (χ1) is 9.73. The lowest BCUT2D eigenvalue weighted by atomic mass is 10.1. The molecule has 6 nitrogen and oxygen atoms in total. The van der Waals surface area contributed by atoms with Gasteiger partial charge in [0.2, 0.25) is 15.9 Å². The van der Waals surface area contributed by atoms with E-state index in [1.807, 2.05) is 6.92 Å². The van der Waals surface area contributed by atoms with Gasteiger partial charge in [0.25, 0.3) is 0 Å². The van der Waals surface area contributed by atoms with Gasteiger partial charge in [-0.05, 0) is 24.1 Å². The average molecular weight is 313 g/mol. The zero-order valence-electron chi connectivity index (χ0n) is 13.0. The van der Waals surface area contributed by atoms with Crippen molar-refractivity contribution < 1.29 is 13.2 Å². The fourth-order valence-corrected chi connectivity index (χ4v) is 3.63. The summed E-state index contributed by atoms with van der Waals surface area (Å²) in [5, 5.41) is 0. The summed E-state index contributed by atoms with van der Waals surface area (Å²) in [7, 11) is -0.543. The summed E-state index contributed by atoms with van der Waals surface area (Å²) < 4.78 is 26.7. The molecule has 0 radical (unpaired) electrons. The largest absolute Gasteiger partial charge is 0.399 e. The smallest absolute Gasteiger partial charge is 0.243 e. The number of sulfonamides is 1. The molecular weight excluding hydrogens is 290 g/mol. The monoisotopic (exact) mass is 313 g/mol. The average Bonchev–Trinajstić information content (AvgIpc) is 2.43. The number of rotatable bonds is 6. The zero-order valence-corrected chi connectivity index (χ0v) is 13.8. The Morgan fingerprint density at radius 1 is 1.24 bits per heavy atom. The molecule has 0 aliphatic carbocycles. The van der Waals surface area contributed by atoms with Gasteiger partial charge in [0.05, 0.1) is 11.4 Å². The number of hydrogen-bond donors (Lipinski definition) is 1. The lowest BCUT2D eigenvalue weighted by Crippen LogP contribution is -2.40. The number of nitrogens with two attached hydrogens (primary N) is 1. The molecule has 0 saturated heterocycles. The summed E-state index contributed by atoms with van der Waals surface area (Å²) in [6.45, 7) is 3.63. The lowest BCUT2D eigenvalue weighted by molar-refractivity contribution is -0.128. The Labute approximate surface area is 126 Å². The standard InChI is InChI=1S/C14H23N3O3S/c1-5-11-7-8-12(15)9-13(11)21(19,20)17(6-2)10-14(18)16(3)4/h7-9H,5-6,10,15H2,1-4H3. The van der Waals surface area contributed by atoms with Crippen molar-refractivity contribution in [3.05, 3.63) is 23.8 Å². The molecule has 0 bridgehead atoms. The molecule has 7 heteroatoms. The number of benzene rings is 1. The van der Waals surface area contributed by atoms with Gasteiger partial charge in [-0.25, -0.2) is 8.42 Å². The first-order valence-corrected chi connectivity index (χ1v) is 8.26. The third kappa shape index (κ3) is 3.95. The van der Waals surface area contributed by atoms with Crippen LogP contribution in [0.15, 0.2) is 23.1 Å². The van der Waals surface area contributed by atoms with E-state index in [0.717, 1.165) is 0 Å². The number of carbonyl (C=O) groups is 1. The van der Waals surface area contributed by atoms with Crippen molar-refractivity contribution in [2.45, 2.75) is 25.2 Å². The molecule has 1 amide bonds. The van der Waals surface area contributed by atoms with E-state index in [-0.39, 0.29) is 23.9 Å². The molecule has 118 valence electrons. The number of nitrogens with zero attached hydrogens (tertiary/aromatic N) is 2. The number of aryl methyl sites for hydroxylation is 1. The molecule has 2 N–H and O–H groups in total. The second-order valence-electron chi connectivity index (χ2n) is 4.94. The fourth-order valence-electron chi connectivity index (χ4n) is 1.90. The lowest BCUT2D eigenvalue weighted by Gasteiger charge is -2.23. The van der Waals surface area contributed by atoms with E-state index < -0.39 is 10.0 Å². The van der Waals surface area contributed by atoms with Crippen LogP contribution in [0.1, 0.15) is 19.4 Å². The molecule has 0 saturated carbocycles. The third-order valence-corrected chi connectivity index (χ3v) is 5.26. The minimum absolute atomic E-state index is 0.177. The van der Waals surface area contributed by atoms with E-state index in [4.69, 9.17) is 5.73 Å². The number of nitrogen functional groups attached to an aromatic ring is 1. The second-order valence-corrected chi connectivity index (χ2v) is 6.85. The maximum Gasteiger partial charge on any atom is 0.243 e. The van der Waals surface area contributed by atoms with Crippen LogP contribution in [0.25, 0.3) is 0 Å². The van der Waals surface area contributed by atoms with Crippen LogP contribution in [0.2, 0.25) is 0 Å². The highest BCUT2D eigenvalue weighted by molar-refractivity contribution is 7.89. The van der Waals surface area contributed by atoms with Crippen LogP contribution in [-0.4, -0.2) is 50.7 Å². The van der Waals surface area contributed by atoms with Gasteiger partial charge in [-0.3, -0.25) is 4.79 Å².